The monoisotopic (exact) mass is 338 g/mol. The van der Waals surface area contributed by atoms with Crippen LogP contribution in [0.25, 0.3) is 21.2 Å². The summed E-state index contributed by atoms with van der Waals surface area (Å²) < 4.78 is 13.8. The van der Waals surface area contributed by atoms with Crippen molar-refractivity contribution in [3.63, 3.8) is 0 Å². The third-order valence-electron chi connectivity index (χ3n) is 3.84. The second kappa shape index (κ2) is 5.65. The predicted molar refractivity (Wildman–Crippen MR) is 93.5 cm³/mol. The summed E-state index contributed by atoms with van der Waals surface area (Å²) in [6, 6.07) is 15.0. The molecule has 0 bridgehead atoms. The van der Waals surface area contributed by atoms with Gasteiger partial charge in [0.2, 0.25) is 0 Å². The number of aryl methyl sites for hydroxylation is 1. The van der Waals surface area contributed by atoms with Crippen LogP contribution in [0.3, 0.4) is 0 Å². The molecule has 4 aromatic rings. The maximum Gasteiger partial charge on any atom is 0.315 e. The Morgan fingerprint density at radius 1 is 1.21 bits per heavy atom. The number of methoxy groups -OCH3 is 1. The number of para-hydroxylation sites is 2. The van der Waals surface area contributed by atoms with E-state index in [1.165, 1.54) is 11.3 Å². The molecule has 0 N–H and O–H groups in total. The van der Waals surface area contributed by atoms with E-state index in [1.807, 2.05) is 54.1 Å². The number of benzene rings is 2. The van der Waals surface area contributed by atoms with E-state index < -0.39 is 5.91 Å². The lowest BCUT2D eigenvalue weighted by molar-refractivity contribution is 0.0973. The number of rotatable bonds is 2. The van der Waals surface area contributed by atoms with Gasteiger partial charge in [0.05, 0.1) is 11.8 Å². The number of fused-ring (bicyclic) bond motifs is 2. The normalized spacial score (nSPS) is 12.2. The van der Waals surface area contributed by atoms with Gasteiger partial charge in [-0.05, 0) is 24.3 Å². The zero-order valence-electron chi connectivity index (χ0n) is 13.1. The number of hydrogen-bond acceptors (Lipinski definition) is 4. The summed E-state index contributed by atoms with van der Waals surface area (Å²) >= 11 is 1.44. The van der Waals surface area contributed by atoms with Crippen LogP contribution in [0.5, 0.6) is 5.75 Å². The van der Waals surface area contributed by atoms with Crippen molar-refractivity contribution in [2.24, 2.45) is 12.0 Å². The second-order valence-electron chi connectivity index (χ2n) is 5.32. The highest BCUT2D eigenvalue weighted by Crippen LogP contribution is 2.26. The van der Waals surface area contributed by atoms with Crippen LogP contribution in [0, 0.1) is 0 Å². The van der Waals surface area contributed by atoms with Gasteiger partial charge in [-0.1, -0.05) is 35.6 Å². The van der Waals surface area contributed by atoms with Gasteiger partial charge in [0.25, 0.3) is 0 Å². The van der Waals surface area contributed by atoms with Crippen LogP contribution in [0.2, 0.25) is 0 Å². The largest absolute Gasteiger partial charge is 0.495 e. The molecule has 5 nitrogen and oxygen atoms in total. The van der Waals surface area contributed by atoms with Gasteiger partial charge in [-0.25, -0.2) is 0 Å². The summed E-state index contributed by atoms with van der Waals surface area (Å²) in [5.74, 6) is 0.594. The highest BCUT2D eigenvalue weighted by atomic mass is 32.1. The van der Waals surface area contributed by atoms with Crippen molar-refractivity contribution in [2.75, 3.05) is 7.11 Å². The Morgan fingerprint density at radius 3 is 2.83 bits per heavy atom. The fraction of sp³-hybridized carbons (Fsp3) is 0.111. The first-order chi connectivity index (χ1) is 11.7. The molecule has 120 valence electrons. The van der Waals surface area contributed by atoms with E-state index in [1.54, 1.807) is 13.2 Å². The van der Waals surface area contributed by atoms with Crippen molar-refractivity contribution < 1.29 is 13.9 Å². The van der Waals surface area contributed by atoms with Gasteiger partial charge in [-0.15, -0.1) is 0 Å². The van der Waals surface area contributed by atoms with E-state index in [9.17, 15) is 4.79 Å². The molecule has 0 atom stereocenters. The number of aromatic nitrogens is 1. The molecule has 2 aromatic heterocycles. The summed E-state index contributed by atoms with van der Waals surface area (Å²) in [4.78, 5) is 17.3. The van der Waals surface area contributed by atoms with Gasteiger partial charge in [0, 0.05) is 12.4 Å². The van der Waals surface area contributed by atoms with Gasteiger partial charge >= 0.3 is 5.91 Å². The zero-order chi connectivity index (χ0) is 16.7. The lowest BCUT2D eigenvalue weighted by atomic mass is 10.2. The van der Waals surface area contributed by atoms with Crippen LogP contribution in [0.1, 0.15) is 10.6 Å². The Hall–Kier alpha value is -2.86. The summed E-state index contributed by atoms with van der Waals surface area (Å²) in [7, 11) is 3.49. The highest BCUT2D eigenvalue weighted by molar-refractivity contribution is 7.16. The molecule has 0 spiro atoms. The van der Waals surface area contributed by atoms with Crippen LogP contribution < -0.4 is 9.54 Å². The molecule has 0 fully saturated rings. The van der Waals surface area contributed by atoms with E-state index in [0.717, 1.165) is 21.4 Å². The molecule has 0 radical (unpaired) electrons. The molecule has 0 aliphatic rings. The molecule has 0 unspecified atom stereocenters. The first-order valence-electron chi connectivity index (χ1n) is 7.37. The zero-order valence-corrected chi connectivity index (χ0v) is 14.0. The van der Waals surface area contributed by atoms with Gasteiger partial charge < -0.3 is 13.7 Å². The third-order valence-corrected chi connectivity index (χ3v) is 4.94. The maximum absolute atomic E-state index is 12.5. The minimum Gasteiger partial charge on any atom is -0.495 e. The van der Waals surface area contributed by atoms with E-state index in [4.69, 9.17) is 9.15 Å². The van der Waals surface area contributed by atoms with Crippen molar-refractivity contribution in [2.45, 2.75) is 0 Å². The Labute approximate surface area is 141 Å². The smallest absolute Gasteiger partial charge is 0.315 e. The van der Waals surface area contributed by atoms with Crippen LogP contribution >= 0.6 is 11.3 Å². The standard InChI is InChI=1S/C18H14N2O3S/c1-20-16-13(22-2)8-5-9-15(16)24-18(20)19-17(21)14-10-11-6-3-4-7-12(11)23-14/h3-10H,1-2H3. The highest BCUT2D eigenvalue weighted by Gasteiger charge is 2.13. The Bertz CT molecular complexity index is 1100. The SMILES string of the molecule is COc1cccc2sc(=NC(=O)c3cc4ccccc4o3)n(C)c12. The van der Waals surface area contributed by atoms with Crippen molar-refractivity contribution in [3.8, 4) is 5.75 Å². The van der Waals surface area contributed by atoms with Crippen molar-refractivity contribution in [1.29, 1.82) is 0 Å². The molecule has 0 aliphatic heterocycles. The molecular formula is C18H14N2O3S. The number of carbonyl (C=O) groups is 1. The molecule has 0 saturated heterocycles. The van der Waals surface area contributed by atoms with Gasteiger partial charge in [-0.3, -0.25) is 4.79 Å². The van der Waals surface area contributed by atoms with Gasteiger partial charge in [0.15, 0.2) is 10.6 Å². The van der Waals surface area contributed by atoms with Crippen molar-refractivity contribution >= 4 is 38.4 Å². The molecule has 2 heterocycles. The number of ether oxygens (including phenoxy) is 1. The molecule has 6 heteroatoms. The van der Waals surface area contributed by atoms with Crippen LogP contribution in [0.4, 0.5) is 0 Å². The van der Waals surface area contributed by atoms with Gasteiger partial charge in [0.1, 0.15) is 16.8 Å². The average Bonchev–Trinajstić information content (AvgIpc) is 3.16. The number of furan rings is 1. The quantitative estimate of drug-likeness (QED) is 0.559. The first kappa shape index (κ1) is 14.7. The Morgan fingerprint density at radius 2 is 2.04 bits per heavy atom. The molecular weight excluding hydrogens is 324 g/mol. The number of hydrogen-bond donors (Lipinski definition) is 0. The number of nitrogens with zero attached hydrogens (tertiary/aromatic N) is 2. The third kappa shape index (κ3) is 2.32. The molecule has 1 amide bonds. The van der Waals surface area contributed by atoms with E-state index in [-0.39, 0.29) is 5.76 Å². The Kier molecular flexibility index (Phi) is 3.46. The summed E-state index contributed by atoms with van der Waals surface area (Å²) in [6.45, 7) is 0. The number of carbonyl (C=O) groups excluding carboxylic acids is 1. The molecule has 4 rings (SSSR count). The van der Waals surface area contributed by atoms with Crippen LogP contribution in [-0.4, -0.2) is 17.6 Å². The molecule has 2 aromatic carbocycles. The fourth-order valence-corrected chi connectivity index (χ4v) is 3.70. The average molecular weight is 338 g/mol. The summed E-state index contributed by atoms with van der Waals surface area (Å²) in [5, 5.41) is 0.887. The lowest BCUT2D eigenvalue weighted by Crippen LogP contribution is -2.13. The van der Waals surface area contributed by atoms with E-state index >= 15 is 0 Å². The molecule has 0 aliphatic carbocycles. The van der Waals surface area contributed by atoms with Crippen molar-refractivity contribution in [3.05, 3.63) is 59.1 Å². The number of thiazole rings is 1. The number of amides is 1. The Balaban J connectivity index is 1.84. The first-order valence-corrected chi connectivity index (χ1v) is 8.19. The van der Waals surface area contributed by atoms with E-state index in [2.05, 4.69) is 4.99 Å². The summed E-state index contributed by atoms with van der Waals surface area (Å²) in [5.41, 5.74) is 1.60. The van der Waals surface area contributed by atoms with Gasteiger partial charge in [-0.2, -0.15) is 4.99 Å². The van der Waals surface area contributed by atoms with Crippen molar-refractivity contribution in [1.82, 2.24) is 4.57 Å². The second-order valence-corrected chi connectivity index (χ2v) is 6.33. The minimum atomic E-state index is -0.396. The van der Waals surface area contributed by atoms with Crippen LogP contribution in [-0.2, 0) is 7.05 Å². The minimum absolute atomic E-state index is 0.237. The van der Waals surface area contributed by atoms with Crippen LogP contribution in [0.15, 0.2) is 57.9 Å². The fourth-order valence-electron chi connectivity index (χ4n) is 2.67. The topological polar surface area (TPSA) is 56.7 Å². The lowest BCUT2D eigenvalue weighted by Gasteiger charge is -2.02. The molecule has 24 heavy (non-hydrogen) atoms. The molecule has 0 saturated carbocycles. The summed E-state index contributed by atoms with van der Waals surface area (Å²) in [6.07, 6.45) is 0. The maximum atomic E-state index is 12.5. The predicted octanol–water partition coefficient (Wildman–Crippen LogP) is 3.74. The van der Waals surface area contributed by atoms with E-state index in [0.29, 0.717) is 10.4 Å².